The first-order valence-corrected chi connectivity index (χ1v) is 13.3. The van der Waals surface area contributed by atoms with Gasteiger partial charge in [0, 0.05) is 31.7 Å². The first kappa shape index (κ1) is 25.5. The number of aromatic nitrogens is 1. The molecular weight excluding hydrogens is 452 g/mol. The number of rotatable bonds is 8. The number of anilines is 1. The maximum atomic E-state index is 13.3. The molecule has 8 heteroatoms. The summed E-state index contributed by atoms with van der Waals surface area (Å²) < 4.78 is 2.34. The first-order chi connectivity index (χ1) is 15.9. The molecule has 3 rings (SSSR count). The Morgan fingerprint density at radius 2 is 1.76 bits per heavy atom. The molecule has 2 saturated heterocycles. The van der Waals surface area contributed by atoms with Crippen LogP contribution in [0.25, 0.3) is 6.08 Å². The monoisotopic (exact) mass is 486 g/mol. The predicted molar refractivity (Wildman–Crippen MR) is 141 cm³/mol. The number of carbonyl (C=O) groups is 1. The van der Waals surface area contributed by atoms with Gasteiger partial charge in [0.15, 0.2) is 0 Å². The molecule has 0 radical (unpaired) electrons. The summed E-state index contributed by atoms with van der Waals surface area (Å²) in [5, 5.41) is 9.78. The number of amides is 1. The Kier molecular flexibility index (Phi) is 9.16. The van der Waals surface area contributed by atoms with Gasteiger partial charge in [-0.05, 0) is 44.2 Å². The van der Waals surface area contributed by atoms with Crippen LogP contribution in [0.5, 0.6) is 0 Å². The molecular formula is C25H34N4O2S2. The fourth-order valence-corrected chi connectivity index (χ4v) is 5.83. The Morgan fingerprint density at radius 3 is 2.36 bits per heavy atom. The Bertz CT molecular complexity index is 1030. The average Bonchev–Trinajstić information content (AvgIpc) is 2.97. The second-order valence-electron chi connectivity index (χ2n) is 8.75. The van der Waals surface area contributed by atoms with Crippen LogP contribution in [0.4, 0.5) is 5.82 Å². The lowest BCUT2D eigenvalue weighted by atomic mass is 10.0. The summed E-state index contributed by atoms with van der Waals surface area (Å²) in [5.74, 6) is 0.769. The highest BCUT2D eigenvalue weighted by Gasteiger charge is 2.33. The van der Waals surface area contributed by atoms with Crippen LogP contribution in [-0.4, -0.2) is 39.3 Å². The molecule has 0 aromatic carbocycles. The molecule has 178 valence electrons. The van der Waals surface area contributed by atoms with Crippen molar-refractivity contribution in [1.29, 1.82) is 5.26 Å². The highest BCUT2D eigenvalue weighted by molar-refractivity contribution is 8.26. The molecule has 2 fully saturated rings. The summed E-state index contributed by atoms with van der Waals surface area (Å²) >= 11 is 6.84. The summed E-state index contributed by atoms with van der Waals surface area (Å²) in [6.45, 7) is 8.90. The molecule has 1 amide bonds. The normalized spacial score (nSPS) is 18.2. The number of pyridine rings is 1. The standard InChI is InChI=1S/C25H34N4O2S2/c1-4-6-9-15-29-24(31)21(33-25(29)32)16-19-18(3)20(17-26)23(30)28(12-5-2)22(19)27-13-10-7-8-11-14-27/h16H,4-15H2,1-3H3. The summed E-state index contributed by atoms with van der Waals surface area (Å²) in [6.07, 6.45) is 10.2. The molecule has 0 atom stereocenters. The zero-order chi connectivity index (χ0) is 24.0. The summed E-state index contributed by atoms with van der Waals surface area (Å²) in [7, 11) is 0. The number of unbranched alkanes of at least 4 members (excludes halogenated alkanes) is 2. The number of hydrogen-bond donors (Lipinski definition) is 0. The molecule has 0 N–H and O–H groups in total. The van der Waals surface area contributed by atoms with Crippen LogP contribution in [0.3, 0.4) is 0 Å². The van der Waals surface area contributed by atoms with Gasteiger partial charge in [0.25, 0.3) is 11.5 Å². The summed E-state index contributed by atoms with van der Waals surface area (Å²) in [5.41, 5.74) is 1.37. The van der Waals surface area contributed by atoms with E-state index in [1.807, 2.05) is 19.9 Å². The van der Waals surface area contributed by atoms with Gasteiger partial charge in [-0.15, -0.1) is 0 Å². The average molecular weight is 487 g/mol. The van der Waals surface area contributed by atoms with Crippen molar-refractivity contribution in [3.05, 3.63) is 31.9 Å². The van der Waals surface area contributed by atoms with E-state index >= 15 is 0 Å². The molecule has 0 bridgehead atoms. The van der Waals surface area contributed by atoms with E-state index in [0.29, 0.717) is 27.9 Å². The number of carbonyl (C=O) groups excluding carboxylic acids is 1. The van der Waals surface area contributed by atoms with Crippen LogP contribution in [-0.2, 0) is 11.3 Å². The Hall–Kier alpha value is -2.11. The largest absolute Gasteiger partial charge is 0.357 e. The predicted octanol–water partition coefficient (Wildman–Crippen LogP) is 5.21. The van der Waals surface area contributed by atoms with Crippen molar-refractivity contribution in [2.75, 3.05) is 24.5 Å². The van der Waals surface area contributed by atoms with Gasteiger partial charge in [-0.2, -0.15) is 5.26 Å². The van der Waals surface area contributed by atoms with Crippen LogP contribution in [0.15, 0.2) is 9.70 Å². The van der Waals surface area contributed by atoms with Crippen molar-refractivity contribution in [3.8, 4) is 6.07 Å². The third-order valence-corrected chi connectivity index (χ3v) is 7.71. The van der Waals surface area contributed by atoms with E-state index in [1.165, 1.54) is 24.6 Å². The molecule has 0 unspecified atom stereocenters. The minimum absolute atomic E-state index is 0.0749. The lowest BCUT2D eigenvalue weighted by Gasteiger charge is -2.29. The lowest BCUT2D eigenvalue weighted by molar-refractivity contribution is -0.122. The van der Waals surface area contributed by atoms with Crippen molar-refractivity contribution in [2.45, 2.75) is 78.7 Å². The van der Waals surface area contributed by atoms with Crippen LogP contribution in [0, 0.1) is 18.3 Å². The fraction of sp³-hybridized carbons (Fsp3) is 0.600. The maximum Gasteiger partial charge on any atom is 0.270 e. The SMILES string of the molecule is CCCCCN1C(=O)C(=Cc2c(C)c(C#N)c(=O)n(CCC)c2N2CCCCCC2)SC1=S. The van der Waals surface area contributed by atoms with E-state index in [-0.39, 0.29) is 17.0 Å². The van der Waals surface area contributed by atoms with Crippen LogP contribution in [0.2, 0.25) is 0 Å². The van der Waals surface area contributed by atoms with E-state index in [4.69, 9.17) is 12.2 Å². The fourth-order valence-electron chi connectivity index (χ4n) is 4.54. The second kappa shape index (κ2) is 11.8. The van der Waals surface area contributed by atoms with Crippen LogP contribution in [0.1, 0.15) is 81.9 Å². The van der Waals surface area contributed by atoms with Crippen molar-refractivity contribution in [3.63, 3.8) is 0 Å². The van der Waals surface area contributed by atoms with Gasteiger partial charge >= 0.3 is 0 Å². The van der Waals surface area contributed by atoms with Gasteiger partial charge in [0.1, 0.15) is 21.8 Å². The van der Waals surface area contributed by atoms with Gasteiger partial charge in [0.05, 0.1) is 4.91 Å². The molecule has 3 heterocycles. The van der Waals surface area contributed by atoms with E-state index in [1.54, 1.807) is 9.47 Å². The minimum atomic E-state index is -0.236. The van der Waals surface area contributed by atoms with Crippen LogP contribution >= 0.6 is 24.0 Å². The van der Waals surface area contributed by atoms with Gasteiger partial charge in [-0.3, -0.25) is 19.1 Å². The van der Waals surface area contributed by atoms with E-state index in [9.17, 15) is 14.9 Å². The van der Waals surface area contributed by atoms with E-state index < -0.39 is 0 Å². The van der Waals surface area contributed by atoms with Crippen molar-refractivity contribution in [2.24, 2.45) is 0 Å². The van der Waals surface area contributed by atoms with Gasteiger partial charge < -0.3 is 4.90 Å². The third-order valence-electron chi connectivity index (χ3n) is 6.33. The van der Waals surface area contributed by atoms with Gasteiger partial charge in [-0.1, -0.05) is 63.5 Å². The highest BCUT2D eigenvalue weighted by atomic mass is 32.2. The van der Waals surface area contributed by atoms with Crippen molar-refractivity contribution < 1.29 is 4.79 Å². The van der Waals surface area contributed by atoms with Crippen molar-refractivity contribution >= 4 is 46.1 Å². The molecule has 2 aliphatic heterocycles. The summed E-state index contributed by atoms with van der Waals surface area (Å²) in [4.78, 5) is 31.0. The van der Waals surface area contributed by atoms with E-state index in [0.717, 1.165) is 63.0 Å². The molecule has 0 spiro atoms. The zero-order valence-corrected chi connectivity index (χ0v) is 21.6. The number of nitrogens with zero attached hydrogens (tertiary/aromatic N) is 4. The molecule has 0 saturated carbocycles. The first-order valence-electron chi connectivity index (χ1n) is 12.1. The Morgan fingerprint density at radius 1 is 1.06 bits per heavy atom. The molecule has 1 aromatic rings. The lowest BCUT2D eigenvalue weighted by Crippen LogP contribution is -2.35. The van der Waals surface area contributed by atoms with Crippen molar-refractivity contribution in [1.82, 2.24) is 9.47 Å². The highest BCUT2D eigenvalue weighted by Crippen LogP contribution is 2.36. The quantitative estimate of drug-likeness (QED) is 0.285. The number of nitriles is 1. The molecule has 0 aliphatic carbocycles. The van der Waals surface area contributed by atoms with Gasteiger partial charge in [-0.25, -0.2) is 0 Å². The molecule has 6 nitrogen and oxygen atoms in total. The maximum absolute atomic E-state index is 13.3. The molecule has 1 aromatic heterocycles. The number of hydrogen-bond acceptors (Lipinski definition) is 6. The van der Waals surface area contributed by atoms with Crippen LogP contribution < -0.4 is 10.5 Å². The Labute approximate surface area is 206 Å². The third kappa shape index (κ3) is 5.52. The number of thioether (sulfide) groups is 1. The van der Waals surface area contributed by atoms with Gasteiger partial charge in [0.2, 0.25) is 0 Å². The second-order valence-corrected chi connectivity index (χ2v) is 10.4. The molecule has 33 heavy (non-hydrogen) atoms. The zero-order valence-electron chi connectivity index (χ0n) is 20.0. The smallest absolute Gasteiger partial charge is 0.270 e. The molecule has 2 aliphatic rings. The van der Waals surface area contributed by atoms with E-state index in [2.05, 4.69) is 17.9 Å². The number of thiocarbonyl (C=S) groups is 1. The topological polar surface area (TPSA) is 69.3 Å². The summed E-state index contributed by atoms with van der Waals surface area (Å²) in [6, 6.07) is 2.12. The minimum Gasteiger partial charge on any atom is -0.357 e. The Balaban J connectivity index is 2.14.